The van der Waals surface area contributed by atoms with Crippen molar-refractivity contribution in [2.45, 2.75) is 12.8 Å². The zero-order chi connectivity index (χ0) is 10.4. The van der Waals surface area contributed by atoms with Gasteiger partial charge in [-0.1, -0.05) is 6.07 Å². The van der Waals surface area contributed by atoms with E-state index in [0.717, 1.165) is 24.4 Å². The molecule has 0 saturated carbocycles. The van der Waals surface area contributed by atoms with Crippen LogP contribution in [0.1, 0.15) is 17.3 Å². The van der Waals surface area contributed by atoms with Crippen LogP contribution >= 0.6 is 0 Å². The summed E-state index contributed by atoms with van der Waals surface area (Å²) in [5, 5.41) is 3.31. The fraction of sp³-hybridized carbons (Fsp3) is 0.417. The molecular formula is C12H15N3. The summed E-state index contributed by atoms with van der Waals surface area (Å²) >= 11 is 0. The highest BCUT2D eigenvalue weighted by molar-refractivity contribution is 5.77. The molecule has 78 valence electrons. The molecule has 0 radical (unpaired) electrons. The Labute approximate surface area is 89.1 Å². The van der Waals surface area contributed by atoms with Crippen LogP contribution in [0.3, 0.4) is 0 Å². The third kappa shape index (κ3) is 1.27. The van der Waals surface area contributed by atoms with Crippen molar-refractivity contribution >= 4 is 11.0 Å². The summed E-state index contributed by atoms with van der Waals surface area (Å²) in [6.07, 6.45) is 0. The topological polar surface area (TPSA) is 29.9 Å². The second-order valence-corrected chi connectivity index (χ2v) is 4.32. The maximum absolute atomic E-state index is 4.50. The maximum atomic E-state index is 4.50. The van der Waals surface area contributed by atoms with Crippen molar-refractivity contribution in [1.82, 2.24) is 14.9 Å². The minimum atomic E-state index is 0.699. The summed E-state index contributed by atoms with van der Waals surface area (Å²) in [5.41, 5.74) is 3.78. The summed E-state index contributed by atoms with van der Waals surface area (Å²) in [6, 6.07) is 6.62. The van der Waals surface area contributed by atoms with Crippen LogP contribution in [0.4, 0.5) is 0 Å². The molecule has 1 aromatic heterocycles. The van der Waals surface area contributed by atoms with E-state index in [4.69, 9.17) is 0 Å². The van der Waals surface area contributed by atoms with E-state index in [1.54, 1.807) is 0 Å². The SMILES string of the molecule is Cc1nc2ccc(C3CNC3)cc2n1C. The van der Waals surface area contributed by atoms with E-state index in [1.165, 1.54) is 11.1 Å². The van der Waals surface area contributed by atoms with E-state index < -0.39 is 0 Å². The van der Waals surface area contributed by atoms with Gasteiger partial charge < -0.3 is 9.88 Å². The van der Waals surface area contributed by atoms with Crippen LogP contribution in [-0.4, -0.2) is 22.6 Å². The predicted molar refractivity (Wildman–Crippen MR) is 61.1 cm³/mol. The first-order valence-electron chi connectivity index (χ1n) is 5.39. The van der Waals surface area contributed by atoms with Crippen molar-refractivity contribution in [1.29, 1.82) is 0 Å². The molecule has 1 fully saturated rings. The van der Waals surface area contributed by atoms with Gasteiger partial charge in [0.05, 0.1) is 11.0 Å². The van der Waals surface area contributed by atoms with Crippen LogP contribution in [0.5, 0.6) is 0 Å². The minimum absolute atomic E-state index is 0.699. The molecule has 0 amide bonds. The van der Waals surface area contributed by atoms with Gasteiger partial charge in [-0.15, -0.1) is 0 Å². The fourth-order valence-corrected chi connectivity index (χ4v) is 2.11. The number of nitrogens with zero attached hydrogens (tertiary/aromatic N) is 2. The van der Waals surface area contributed by atoms with Crippen molar-refractivity contribution in [3.05, 3.63) is 29.6 Å². The van der Waals surface area contributed by atoms with Crippen molar-refractivity contribution in [3.63, 3.8) is 0 Å². The summed E-state index contributed by atoms with van der Waals surface area (Å²) < 4.78 is 2.16. The average molecular weight is 201 g/mol. The van der Waals surface area contributed by atoms with Crippen LogP contribution in [0.15, 0.2) is 18.2 Å². The van der Waals surface area contributed by atoms with Gasteiger partial charge in [0.2, 0.25) is 0 Å². The van der Waals surface area contributed by atoms with Crippen LogP contribution in [0, 0.1) is 6.92 Å². The number of aryl methyl sites for hydroxylation is 2. The van der Waals surface area contributed by atoms with Crippen molar-refractivity contribution < 1.29 is 0 Å². The smallest absolute Gasteiger partial charge is 0.106 e. The number of hydrogen-bond donors (Lipinski definition) is 1. The first kappa shape index (κ1) is 8.92. The highest BCUT2D eigenvalue weighted by atomic mass is 15.0. The number of imidazole rings is 1. The molecule has 3 heteroatoms. The third-order valence-electron chi connectivity index (χ3n) is 3.38. The molecule has 3 nitrogen and oxygen atoms in total. The Morgan fingerprint density at radius 2 is 2.20 bits per heavy atom. The van der Waals surface area contributed by atoms with Gasteiger partial charge in [0, 0.05) is 26.1 Å². The Morgan fingerprint density at radius 1 is 1.40 bits per heavy atom. The first-order valence-corrected chi connectivity index (χ1v) is 5.39. The summed E-state index contributed by atoms with van der Waals surface area (Å²) in [6.45, 7) is 4.27. The first-order chi connectivity index (χ1) is 7.25. The molecule has 1 aliphatic rings. The standard InChI is InChI=1S/C12H15N3/c1-8-14-11-4-3-9(10-6-13-7-10)5-12(11)15(8)2/h3-5,10,13H,6-7H2,1-2H3. The van der Waals surface area contributed by atoms with Crippen LogP contribution in [-0.2, 0) is 7.05 Å². The highest BCUT2D eigenvalue weighted by Gasteiger charge is 2.19. The number of rotatable bonds is 1. The minimum Gasteiger partial charge on any atom is -0.331 e. The largest absolute Gasteiger partial charge is 0.331 e. The summed E-state index contributed by atoms with van der Waals surface area (Å²) in [7, 11) is 2.08. The third-order valence-corrected chi connectivity index (χ3v) is 3.38. The van der Waals surface area contributed by atoms with E-state index >= 15 is 0 Å². The van der Waals surface area contributed by atoms with Gasteiger partial charge >= 0.3 is 0 Å². The molecule has 0 atom stereocenters. The van der Waals surface area contributed by atoms with E-state index in [-0.39, 0.29) is 0 Å². The summed E-state index contributed by atoms with van der Waals surface area (Å²) in [4.78, 5) is 4.50. The number of aromatic nitrogens is 2. The van der Waals surface area contributed by atoms with Crippen molar-refractivity contribution in [2.24, 2.45) is 7.05 Å². The molecule has 2 aromatic rings. The molecule has 1 N–H and O–H groups in total. The van der Waals surface area contributed by atoms with Gasteiger partial charge in [0.25, 0.3) is 0 Å². The number of benzene rings is 1. The molecule has 1 aliphatic heterocycles. The van der Waals surface area contributed by atoms with Gasteiger partial charge in [-0.25, -0.2) is 4.98 Å². The highest BCUT2D eigenvalue weighted by Crippen LogP contribution is 2.24. The quantitative estimate of drug-likeness (QED) is 0.759. The molecule has 3 rings (SSSR count). The fourth-order valence-electron chi connectivity index (χ4n) is 2.11. The normalized spacial score (nSPS) is 16.9. The lowest BCUT2D eigenvalue weighted by molar-refractivity contribution is 0.448. The monoisotopic (exact) mass is 201 g/mol. The van der Waals surface area contributed by atoms with Crippen LogP contribution in [0.25, 0.3) is 11.0 Å². The molecule has 0 unspecified atom stereocenters. The number of fused-ring (bicyclic) bond motifs is 1. The zero-order valence-corrected chi connectivity index (χ0v) is 9.12. The second-order valence-electron chi connectivity index (χ2n) is 4.32. The Kier molecular flexibility index (Phi) is 1.83. The molecule has 0 spiro atoms. The number of nitrogens with one attached hydrogen (secondary N) is 1. The molecule has 1 aromatic carbocycles. The van der Waals surface area contributed by atoms with E-state index in [9.17, 15) is 0 Å². The van der Waals surface area contributed by atoms with Gasteiger partial charge in [0.15, 0.2) is 0 Å². The van der Waals surface area contributed by atoms with Crippen LogP contribution < -0.4 is 5.32 Å². The molecule has 15 heavy (non-hydrogen) atoms. The van der Waals surface area contributed by atoms with E-state index in [0.29, 0.717) is 5.92 Å². The molecule has 0 bridgehead atoms. The van der Waals surface area contributed by atoms with Gasteiger partial charge in [-0.05, 0) is 24.6 Å². The Hall–Kier alpha value is -1.35. The van der Waals surface area contributed by atoms with Gasteiger partial charge in [-0.2, -0.15) is 0 Å². The Balaban J connectivity index is 2.15. The van der Waals surface area contributed by atoms with Gasteiger partial charge in [0.1, 0.15) is 5.82 Å². The van der Waals surface area contributed by atoms with Crippen LogP contribution in [0.2, 0.25) is 0 Å². The molecule has 2 heterocycles. The zero-order valence-electron chi connectivity index (χ0n) is 9.12. The lowest BCUT2D eigenvalue weighted by Gasteiger charge is -2.27. The molecule has 1 saturated heterocycles. The summed E-state index contributed by atoms with van der Waals surface area (Å²) in [5.74, 6) is 1.78. The molecular weight excluding hydrogens is 186 g/mol. The Bertz CT molecular complexity index is 509. The lowest BCUT2D eigenvalue weighted by Crippen LogP contribution is -2.39. The Morgan fingerprint density at radius 3 is 2.87 bits per heavy atom. The predicted octanol–water partition coefficient (Wildman–Crippen LogP) is 1.57. The maximum Gasteiger partial charge on any atom is 0.106 e. The lowest BCUT2D eigenvalue weighted by atomic mass is 9.93. The van der Waals surface area contributed by atoms with E-state index in [1.807, 2.05) is 6.92 Å². The van der Waals surface area contributed by atoms with Gasteiger partial charge in [-0.3, -0.25) is 0 Å². The molecule has 0 aliphatic carbocycles. The average Bonchev–Trinajstić information content (AvgIpc) is 2.41. The second kappa shape index (κ2) is 3.07. The number of hydrogen-bond acceptors (Lipinski definition) is 2. The van der Waals surface area contributed by atoms with E-state index in [2.05, 4.69) is 40.1 Å². The van der Waals surface area contributed by atoms with Crippen molar-refractivity contribution in [2.75, 3.05) is 13.1 Å². The van der Waals surface area contributed by atoms with Crippen molar-refractivity contribution in [3.8, 4) is 0 Å².